The van der Waals surface area contributed by atoms with Gasteiger partial charge in [0.05, 0.1) is 0 Å². The molecule has 2 N–H and O–H groups in total. The maximum Gasteiger partial charge on any atom is 4.00 e. The first kappa shape index (κ1) is 13.6. The van der Waals surface area contributed by atoms with Gasteiger partial charge in [0.15, 0.2) is 0 Å². The number of benzene rings is 1. The molecule has 3 rings (SSSR count). The third-order valence-corrected chi connectivity index (χ3v) is 3.17. The molecule has 2 aliphatic heterocycles. The summed E-state index contributed by atoms with van der Waals surface area (Å²) in [5, 5.41) is 4.26. The molecule has 3 nitrogen and oxygen atoms in total. The molecule has 0 bridgehead atoms. The zero-order valence-corrected chi connectivity index (χ0v) is 12.0. The largest absolute Gasteiger partial charge is 4.00 e. The fourth-order valence-electron chi connectivity index (χ4n) is 2.17. The maximum absolute atomic E-state index is 5.76. The average molecular weight is 394 g/mol. The summed E-state index contributed by atoms with van der Waals surface area (Å²) in [5.74, 6) is 0. The van der Waals surface area contributed by atoms with E-state index >= 15 is 0 Å². The summed E-state index contributed by atoms with van der Waals surface area (Å²) in [6.45, 7) is 4.17. The topological polar surface area (TPSA) is 43.4 Å². The standard InChI is InChI=1S/C11H14N3.CH3.Os/c12-10-2-1-8-6-14(7-9(8)3-10)11-4-13-5-11;;/h1-3,11H,4-7,12H2;1H3;/q2*-1;+4. The Morgan fingerprint density at radius 3 is 2.50 bits per heavy atom. The molecule has 0 aliphatic carbocycles. The fraction of sp³-hybridized carbons (Fsp3) is 0.417. The van der Waals surface area contributed by atoms with E-state index in [1.54, 1.807) is 0 Å². The Morgan fingerprint density at radius 1 is 1.19 bits per heavy atom. The number of hydrogen-bond acceptors (Lipinski definition) is 2. The molecule has 0 atom stereocenters. The Kier molecular flexibility index (Phi) is 4.49. The molecular formula is C12H17N3Os+2. The first-order chi connectivity index (χ1) is 6.83. The van der Waals surface area contributed by atoms with Crippen LogP contribution in [0.15, 0.2) is 18.2 Å². The number of fused-ring (bicyclic) bond motifs is 1. The molecule has 0 spiro atoms. The van der Waals surface area contributed by atoms with Gasteiger partial charge in [-0.3, -0.25) is 4.90 Å². The predicted molar refractivity (Wildman–Crippen MR) is 63.4 cm³/mol. The first-order valence-electron chi connectivity index (χ1n) is 5.07. The van der Waals surface area contributed by atoms with Crippen LogP contribution < -0.4 is 5.73 Å². The summed E-state index contributed by atoms with van der Waals surface area (Å²) in [6.07, 6.45) is 0. The van der Waals surface area contributed by atoms with E-state index in [4.69, 9.17) is 5.73 Å². The van der Waals surface area contributed by atoms with E-state index in [0.29, 0.717) is 6.04 Å². The van der Waals surface area contributed by atoms with Crippen LogP contribution in [0.25, 0.3) is 5.32 Å². The summed E-state index contributed by atoms with van der Waals surface area (Å²) in [6, 6.07) is 6.93. The van der Waals surface area contributed by atoms with E-state index in [2.05, 4.69) is 22.3 Å². The van der Waals surface area contributed by atoms with Gasteiger partial charge in [0.2, 0.25) is 0 Å². The normalized spacial score (nSPS) is 19.2. The van der Waals surface area contributed by atoms with Gasteiger partial charge in [0.25, 0.3) is 0 Å². The van der Waals surface area contributed by atoms with Crippen molar-refractivity contribution in [3.05, 3.63) is 42.1 Å². The van der Waals surface area contributed by atoms with Crippen LogP contribution >= 0.6 is 0 Å². The maximum atomic E-state index is 5.76. The van der Waals surface area contributed by atoms with E-state index < -0.39 is 0 Å². The number of nitrogen functional groups attached to an aromatic ring is 1. The molecule has 86 valence electrons. The van der Waals surface area contributed by atoms with Crippen molar-refractivity contribution in [1.82, 2.24) is 4.90 Å². The van der Waals surface area contributed by atoms with Gasteiger partial charge in [-0.25, -0.2) is 0 Å². The van der Waals surface area contributed by atoms with Crippen LogP contribution in [0.3, 0.4) is 0 Å². The van der Waals surface area contributed by atoms with Gasteiger partial charge < -0.3 is 18.5 Å². The van der Waals surface area contributed by atoms with Crippen molar-refractivity contribution in [2.45, 2.75) is 19.1 Å². The van der Waals surface area contributed by atoms with E-state index in [9.17, 15) is 0 Å². The van der Waals surface area contributed by atoms with Crippen LogP contribution in [0, 0.1) is 7.43 Å². The molecular weight excluding hydrogens is 376 g/mol. The van der Waals surface area contributed by atoms with Crippen molar-refractivity contribution >= 4 is 5.69 Å². The molecule has 0 unspecified atom stereocenters. The number of nitrogens with two attached hydrogens (primary N) is 1. The van der Waals surface area contributed by atoms with E-state index in [-0.39, 0.29) is 27.2 Å². The van der Waals surface area contributed by atoms with Gasteiger partial charge in [-0.05, 0) is 29.3 Å². The minimum atomic E-state index is 0. The molecule has 2 aliphatic rings. The summed E-state index contributed by atoms with van der Waals surface area (Å²) >= 11 is 0. The average Bonchev–Trinajstić information content (AvgIpc) is 2.43. The zero-order chi connectivity index (χ0) is 9.54. The molecule has 1 fully saturated rings. The van der Waals surface area contributed by atoms with Gasteiger partial charge in [-0.2, -0.15) is 0 Å². The first-order valence-corrected chi connectivity index (χ1v) is 5.07. The summed E-state index contributed by atoms with van der Waals surface area (Å²) < 4.78 is 0. The van der Waals surface area contributed by atoms with E-state index in [0.717, 1.165) is 31.9 Å². The third-order valence-electron chi connectivity index (χ3n) is 3.17. The van der Waals surface area contributed by atoms with Gasteiger partial charge in [-0.1, -0.05) is 6.07 Å². The van der Waals surface area contributed by atoms with Gasteiger partial charge in [-0.15, -0.1) is 13.1 Å². The van der Waals surface area contributed by atoms with Crippen molar-refractivity contribution in [3.8, 4) is 0 Å². The van der Waals surface area contributed by atoms with Gasteiger partial charge in [0, 0.05) is 18.8 Å². The zero-order valence-electron chi connectivity index (χ0n) is 9.46. The van der Waals surface area contributed by atoms with Crippen LogP contribution in [0.5, 0.6) is 0 Å². The summed E-state index contributed by atoms with van der Waals surface area (Å²) in [7, 11) is 0. The van der Waals surface area contributed by atoms with Crippen LogP contribution in [-0.2, 0) is 32.9 Å². The molecule has 0 aromatic heterocycles. The second-order valence-electron chi connectivity index (χ2n) is 4.18. The van der Waals surface area contributed by atoms with Crippen molar-refractivity contribution < 1.29 is 19.8 Å². The summed E-state index contributed by atoms with van der Waals surface area (Å²) in [4.78, 5) is 2.50. The van der Waals surface area contributed by atoms with E-state index in [1.165, 1.54) is 11.1 Å². The molecule has 0 amide bonds. The Hall–Kier alpha value is -0.424. The van der Waals surface area contributed by atoms with E-state index in [1.807, 2.05) is 6.07 Å². The summed E-state index contributed by atoms with van der Waals surface area (Å²) in [5.41, 5.74) is 9.48. The van der Waals surface area contributed by atoms with Crippen molar-refractivity contribution in [3.63, 3.8) is 0 Å². The Morgan fingerprint density at radius 2 is 1.88 bits per heavy atom. The number of hydrogen-bond donors (Lipinski definition) is 1. The Bertz CT molecular complexity index is 363. The van der Waals surface area contributed by atoms with Gasteiger partial charge >= 0.3 is 19.8 Å². The van der Waals surface area contributed by atoms with Crippen LogP contribution in [-0.4, -0.2) is 24.0 Å². The minimum absolute atomic E-state index is 0. The van der Waals surface area contributed by atoms with Crippen molar-refractivity contribution in [2.75, 3.05) is 18.8 Å². The van der Waals surface area contributed by atoms with Crippen molar-refractivity contribution in [2.24, 2.45) is 0 Å². The molecule has 0 radical (unpaired) electrons. The third kappa shape index (κ3) is 2.30. The molecule has 1 saturated heterocycles. The number of anilines is 1. The molecule has 4 heteroatoms. The minimum Gasteiger partial charge on any atom is -0.660 e. The second-order valence-corrected chi connectivity index (χ2v) is 4.18. The monoisotopic (exact) mass is 395 g/mol. The van der Waals surface area contributed by atoms with Crippen LogP contribution in [0.4, 0.5) is 5.69 Å². The second kappa shape index (κ2) is 5.27. The molecule has 2 heterocycles. The van der Waals surface area contributed by atoms with Crippen LogP contribution in [0.1, 0.15) is 11.1 Å². The quantitative estimate of drug-likeness (QED) is 0.584. The van der Waals surface area contributed by atoms with Crippen LogP contribution in [0.2, 0.25) is 0 Å². The Balaban J connectivity index is 0.000000640. The molecule has 1 aromatic carbocycles. The van der Waals surface area contributed by atoms with Crippen molar-refractivity contribution in [1.29, 1.82) is 0 Å². The fourth-order valence-corrected chi connectivity index (χ4v) is 2.17. The molecule has 1 aromatic rings. The molecule has 16 heavy (non-hydrogen) atoms. The smallest absolute Gasteiger partial charge is 0.660 e. The SMILES string of the molecule is Nc1ccc2c(c1)CN(C1C[N-]C1)C2.[CH3-].[Os+4]. The molecule has 0 saturated carbocycles. The predicted octanol–water partition coefficient (Wildman–Crippen LogP) is 1.79. The number of rotatable bonds is 1. The Labute approximate surface area is 110 Å². The van der Waals surface area contributed by atoms with Gasteiger partial charge in [0.1, 0.15) is 0 Å². The number of nitrogens with zero attached hydrogens (tertiary/aromatic N) is 2.